The lowest BCUT2D eigenvalue weighted by molar-refractivity contribution is 0.684. The summed E-state index contributed by atoms with van der Waals surface area (Å²) in [6.07, 6.45) is 4.58. The summed E-state index contributed by atoms with van der Waals surface area (Å²) in [7, 11) is 0. The van der Waals surface area contributed by atoms with Crippen molar-refractivity contribution in [2.45, 2.75) is 42.3 Å². The first kappa shape index (κ1) is 13.9. The van der Waals surface area contributed by atoms with Crippen LogP contribution in [0, 0.1) is 6.92 Å². The number of aryl methyl sites for hydroxylation is 1. The summed E-state index contributed by atoms with van der Waals surface area (Å²) >= 11 is 7.81. The number of benzene rings is 1. The highest BCUT2D eigenvalue weighted by molar-refractivity contribution is 7.99. The van der Waals surface area contributed by atoms with Crippen molar-refractivity contribution in [2.75, 3.05) is 0 Å². The van der Waals surface area contributed by atoms with Crippen LogP contribution in [0.3, 0.4) is 0 Å². The molecule has 0 atom stereocenters. The fourth-order valence-electron chi connectivity index (χ4n) is 2.01. The first-order chi connectivity index (χ1) is 9.72. The van der Waals surface area contributed by atoms with E-state index in [1.165, 1.54) is 24.0 Å². The second kappa shape index (κ2) is 6.17. The van der Waals surface area contributed by atoms with Crippen LogP contribution in [0.2, 0.25) is 5.02 Å². The van der Waals surface area contributed by atoms with E-state index in [1.54, 1.807) is 11.8 Å². The van der Waals surface area contributed by atoms with Crippen molar-refractivity contribution in [1.82, 2.24) is 10.3 Å². The summed E-state index contributed by atoms with van der Waals surface area (Å²) in [5, 5.41) is 5.31. The van der Waals surface area contributed by atoms with Gasteiger partial charge in [0.05, 0.1) is 5.02 Å². The topological polar surface area (TPSA) is 24.9 Å². The van der Waals surface area contributed by atoms with E-state index in [2.05, 4.69) is 23.3 Å². The van der Waals surface area contributed by atoms with Crippen LogP contribution >= 0.6 is 23.4 Å². The molecule has 0 bridgehead atoms. The molecule has 1 aliphatic rings. The fourth-order valence-corrected chi connectivity index (χ4v) is 3.10. The minimum absolute atomic E-state index is 0.729. The Bertz CT molecular complexity index is 611. The van der Waals surface area contributed by atoms with Gasteiger partial charge < -0.3 is 5.32 Å². The summed E-state index contributed by atoms with van der Waals surface area (Å²) in [4.78, 5) is 5.63. The van der Waals surface area contributed by atoms with E-state index in [0.717, 1.165) is 27.5 Å². The van der Waals surface area contributed by atoms with Gasteiger partial charge in [0.1, 0.15) is 5.03 Å². The van der Waals surface area contributed by atoms with Gasteiger partial charge in [0.2, 0.25) is 0 Å². The van der Waals surface area contributed by atoms with E-state index in [1.807, 2.05) is 30.5 Å². The van der Waals surface area contributed by atoms with Crippen LogP contribution in [0.15, 0.2) is 46.5 Å². The Balaban J connectivity index is 1.71. The van der Waals surface area contributed by atoms with Gasteiger partial charge in [0, 0.05) is 23.7 Å². The Kier molecular flexibility index (Phi) is 4.29. The summed E-state index contributed by atoms with van der Waals surface area (Å²) in [5.74, 6) is 0. The molecule has 1 aromatic carbocycles. The minimum atomic E-state index is 0.729. The minimum Gasteiger partial charge on any atom is -0.310 e. The summed E-state index contributed by atoms with van der Waals surface area (Å²) in [6.45, 7) is 3.02. The van der Waals surface area contributed by atoms with Crippen LogP contribution in [0.25, 0.3) is 0 Å². The zero-order chi connectivity index (χ0) is 13.9. The number of aromatic nitrogens is 1. The van der Waals surface area contributed by atoms with Gasteiger partial charge in [0.15, 0.2) is 0 Å². The smallest absolute Gasteiger partial charge is 0.104 e. The maximum Gasteiger partial charge on any atom is 0.104 e. The van der Waals surface area contributed by atoms with Crippen LogP contribution in [0.1, 0.15) is 24.0 Å². The van der Waals surface area contributed by atoms with Crippen molar-refractivity contribution in [2.24, 2.45) is 0 Å². The lowest BCUT2D eigenvalue weighted by Gasteiger charge is -2.09. The van der Waals surface area contributed by atoms with E-state index in [4.69, 9.17) is 11.6 Å². The first-order valence-electron chi connectivity index (χ1n) is 6.83. The van der Waals surface area contributed by atoms with Crippen LogP contribution in [0.4, 0.5) is 0 Å². The summed E-state index contributed by atoms with van der Waals surface area (Å²) in [6, 6.07) is 10.8. The van der Waals surface area contributed by atoms with Crippen molar-refractivity contribution in [3.8, 4) is 0 Å². The Labute approximate surface area is 129 Å². The van der Waals surface area contributed by atoms with Crippen molar-refractivity contribution < 1.29 is 0 Å². The van der Waals surface area contributed by atoms with E-state index in [0.29, 0.717) is 0 Å². The molecule has 1 saturated carbocycles. The van der Waals surface area contributed by atoms with Gasteiger partial charge in [-0.1, -0.05) is 41.6 Å². The maximum atomic E-state index is 6.19. The Morgan fingerprint density at radius 2 is 2.15 bits per heavy atom. The van der Waals surface area contributed by atoms with Crippen LogP contribution in [0.5, 0.6) is 0 Å². The first-order valence-corrected chi connectivity index (χ1v) is 8.03. The van der Waals surface area contributed by atoms with Crippen molar-refractivity contribution >= 4 is 23.4 Å². The van der Waals surface area contributed by atoms with E-state index < -0.39 is 0 Å². The molecule has 1 aliphatic carbocycles. The van der Waals surface area contributed by atoms with Gasteiger partial charge >= 0.3 is 0 Å². The molecule has 1 N–H and O–H groups in total. The van der Waals surface area contributed by atoms with Gasteiger partial charge in [-0.05, 0) is 43.0 Å². The van der Waals surface area contributed by atoms with Gasteiger partial charge in [-0.2, -0.15) is 0 Å². The molecule has 3 rings (SSSR count). The van der Waals surface area contributed by atoms with Crippen LogP contribution < -0.4 is 5.32 Å². The van der Waals surface area contributed by atoms with Gasteiger partial charge in [0.25, 0.3) is 0 Å². The average Bonchev–Trinajstić information content (AvgIpc) is 3.26. The molecule has 0 radical (unpaired) electrons. The molecule has 0 spiro atoms. The molecule has 104 valence electrons. The van der Waals surface area contributed by atoms with Crippen molar-refractivity contribution in [3.05, 3.63) is 52.7 Å². The second-order valence-electron chi connectivity index (χ2n) is 5.15. The predicted molar refractivity (Wildman–Crippen MR) is 84.4 cm³/mol. The quantitative estimate of drug-likeness (QED) is 0.883. The molecule has 1 fully saturated rings. The number of pyridine rings is 1. The Morgan fingerprint density at radius 3 is 2.85 bits per heavy atom. The highest BCUT2D eigenvalue weighted by atomic mass is 35.5. The molecule has 0 saturated heterocycles. The molecular formula is C16H17ClN2S. The van der Waals surface area contributed by atoms with Crippen molar-refractivity contribution in [1.29, 1.82) is 0 Å². The normalized spacial score (nSPS) is 14.5. The zero-order valence-electron chi connectivity index (χ0n) is 11.4. The van der Waals surface area contributed by atoms with Crippen LogP contribution in [-0.2, 0) is 6.54 Å². The van der Waals surface area contributed by atoms with Gasteiger partial charge in [-0.25, -0.2) is 4.98 Å². The largest absolute Gasteiger partial charge is 0.310 e. The molecule has 0 unspecified atom stereocenters. The highest BCUT2D eigenvalue weighted by Gasteiger charge is 2.20. The van der Waals surface area contributed by atoms with E-state index >= 15 is 0 Å². The zero-order valence-corrected chi connectivity index (χ0v) is 13.0. The lowest BCUT2D eigenvalue weighted by atomic mass is 10.2. The van der Waals surface area contributed by atoms with Crippen LogP contribution in [-0.4, -0.2) is 11.0 Å². The number of rotatable bonds is 5. The number of hydrogen-bond donors (Lipinski definition) is 1. The SMILES string of the molecule is Cc1cc(CNC2CC2)cnc1Sc1ccccc1Cl. The number of halogens is 1. The average molecular weight is 305 g/mol. The molecule has 2 aromatic rings. The number of nitrogens with zero attached hydrogens (tertiary/aromatic N) is 1. The molecule has 1 aromatic heterocycles. The predicted octanol–water partition coefficient (Wildman–Crippen LogP) is 4.45. The van der Waals surface area contributed by atoms with Gasteiger partial charge in [-0.15, -0.1) is 0 Å². The van der Waals surface area contributed by atoms with Crippen molar-refractivity contribution in [3.63, 3.8) is 0 Å². The third-order valence-electron chi connectivity index (χ3n) is 3.30. The fraction of sp³-hybridized carbons (Fsp3) is 0.312. The highest BCUT2D eigenvalue weighted by Crippen LogP contribution is 2.33. The molecule has 4 heteroatoms. The molecule has 0 aliphatic heterocycles. The van der Waals surface area contributed by atoms with E-state index in [9.17, 15) is 0 Å². The molecule has 2 nitrogen and oxygen atoms in total. The Morgan fingerprint density at radius 1 is 1.35 bits per heavy atom. The molecule has 20 heavy (non-hydrogen) atoms. The molecule has 1 heterocycles. The van der Waals surface area contributed by atoms with E-state index in [-0.39, 0.29) is 0 Å². The maximum absolute atomic E-state index is 6.19. The standard InChI is InChI=1S/C16H17ClN2S/c1-11-8-12(9-18-13-6-7-13)10-19-16(11)20-15-5-3-2-4-14(15)17/h2-5,8,10,13,18H,6-7,9H2,1H3. The lowest BCUT2D eigenvalue weighted by Crippen LogP contribution is -2.15. The Hall–Kier alpha value is -1.03. The third-order valence-corrected chi connectivity index (χ3v) is 4.94. The number of nitrogens with one attached hydrogen (secondary N) is 1. The molecular weight excluding hydrogens is 288 g/mol. The monoisotopic (exact) mass is 304 g/mol. The van der Waals surface area contributed by atoms with Gasteiger partial charge in [-0.3, -0.25) is 0 Å². The molecule has 0 amide bonds. The second-order valence-corrected chi connectivity index (χ2v) is 6.59. The third kappa shape index (κ3) is 3.54. The summed E-state index contributed by atoms with van der Waals surface area (Å²) in [5.41, 5.74) is 2.45. The number of hydrogen-bond acceptors (Lipinski definition) is 3. The summed E-state index contributed by atoms with van der Waals surface area (Å²) < 4.78 is 0.